The van der Waals surface area contributed by atoms with Crippen molar-refractivity contribution in [3.05, 3.63) is 24.3 Å². The van der Waals surface area contributed by atoms with E-state index in [-0.39, 0.29) is 29.9 Å². The van der Waals surface area contributed by atoms with Crippen molar-refractivity contribution in [3.63, 3.8) is 0 Å². The van der Waals surface area contributed by atoms with Gasteiger partial charge in [0.25, 0.3) is 0 Å². The summed E-state index contributed by atoms with van der Waals surface area (Å²) in [6, 6.07) is 8.59. The molecule has 168 valence electrons. The SMILES string of the molecule is CCNC(=NCCC(=O)NC1CCCC1)N1CCN(c2cccc(OC)c2)CC1.I. The van der Waals surface area contributed by atoms with Gasteiger partial charge in [0.15, 0.2) is 5.96 Å². The molecule has 0 aromatic heterocycles. The minimum Gasteiger partial charge on any atom is -0.497 e. The highest BCUT2D eigenvalue weighted by atomic mass is 127. The molecule has 1 saturated heterocycles. The van der Waals surface area contributed by atoms with E-state index in [2.05, 4.69) is 39.5 Å². The highest BCUT2D eigenvalue weighted by Gasteiger charge is 2.20. The quantitative estimate of drug-likeness (QED) is 0.323. The Morgan fingerprint density at radius 3 is 2.60 bits per heavy atom. The number of benzene rings is 1. The zero-order valence-electron chi connectivity index (χ0n) is 18.2. The number of nitrogens with zero attached hydrogens (tertiary/aromatic N) is 3. The van der Waals surface area contributed by atoms with Crippen molar-refractivity contribution in [2.24, 2.45) is 4.99 Å². The number of halogens is 1. The monoisotopic (exact) mass is 529 g/mol. The molecule has 8 heteroatoms. The molecule has 1 heterocycles. The largest absolute Gasteiger partial charge is 0.497 e. The number of aliphatic imine (C=N–C) groups is 1. The fourth-order valence-corrected chi connectivity index (χ4v) is 4.04. The number of carbonyl (C=O) groups excluding carboxylic acids is 1. The van der Waals surface area contributed by atoms with E-state index >= 15 is 0 Å². The highest BCUT2D eigenvalue weighted by Crippen LogP contribution is 2.22. The van der Waals surface area contributed by atoms with E-state index in [9.17, 15) is 4.79 Å². The average molecular weight is 529 g/mol. The molecule has 2 aliphatic rings. The molecule has 1 saturated carbocycles. The van der Waals surface area contributed by atoms with Crippen LogP contribution in [0.4, 0.5) is 5.69 Å². The van der Waals surface area contributed by atoms with E-state index in [1.165, 1.54) is 18.5 Å². The average Bonchev–Trinajstić information content (AvgIpc) is 3.26. The zero-order chi connectivity index (χ0) is 20.5. The van der Waals surface area contributed by atoms with Gasteiger partial charge in [0, 0.05) is 56.9 Å². The van der Waals surface area contributed by atoms with Gasteiger partial charge in [-0.3, -0.25) is 9.79 Å². The second-order valence-corrected chi connectivity index (χ2v) is 7.71. The Morgan fingerprint density at radius 1 is 1.20 bits per heavy atom. The summed E-state index contributed by atoms with van der Waals surface area (Å²) in [7, 11) is 1.70. The third kappa shape index (κ3) is 7.21. The number of hydrogen-bond acceptors (Lipinski definition) is 4. The molecule has 7 nitrogen and oxygen atoms in total. The van der Waals surface area contributed by atoms with E-state index in [0.29, 0.717) is 19.0 Å². The molecular formula is C22H36IN5O2. The molecule has 2 N–H and O–H groups in total. The summed E-state index contributed by atoms with van der Waals surface area (Å²) >= 11 is 0. The first kappa shape index (κ1) is 24.6. The molecular weight excluding hydrogens is 493 g/mol. The maximum Gasteiger partial charge on any atom is 0.222 e. The van der Waals surface area contributed by atoms with Crippen LogP contribution in [-0.2, 0) is 4.79 Å². The number of rotatable bonds is 7. The maximum absolute atomic E-state index is 12.1. The maximum atomic E-state index is 12.1. The first-order valence-corrected chi connectivity index (χ1v) is 10.9. The summed E-state index contributed by atoms with van der Waals surface area (Å²) in [6.45, 7) is 7.09. The predicted octanol–water partition coefficient (Wildman–Crippen LogP) is 2.85. The van der Waals surface area contributed by atoms with Crippen LogP contribution < -0.4 is 20.3 Å². The van der Waals surface area contributed by atoms with Crippen LogP contribution in [0.25, 0.3) is 0 Å². The summed E-state index contributed by atoms with van der Waals surface area (Å²) in [4.78, 5) is 21.5. The lowest BCUT2D eigenvalue weighted by Gasteiger charge is -2.37. The van der Waals surface area contributed by atoms with Crippen molar-refractivity contribution in [3.8, 4) is 5.75 Å². The number of carbonyl (C=O) groups is 1. The molecule has 1 amide bonds. The molecule has 0 bridgehead atoms. The smallest absolute Gasteiger partial charge is 0.222 e. The van der Waals surface area contributed by atoms with E-state index < -0.39 is 0 Å². The van der Waals surface area contributed by atoms with E-state index in [1.807, 2.05) is 12.1 Å². The molecule has 2 fully saturated rings. The number of amides is 1. The molecule has 30 heavy (non-hydrogen) atoms. The highest BCUT2D eigenvalue weighted by molar-refractivity contribution is 14.0. The van der Waals surface area contributed by atoms with Gasteiger partial charge < -0.3 is 25.2 Å². The summed E-state index contributed by atoms with van der Waals surface area (Å²) in [5, 5.41) is 6.52. The molecule has 0 unspecified atom stereocenters. The first-order chi connectivity index (χ1) is 14.2. The second-order valence-electron chi connectivity index (χ2n) is 7.71. The number of anilines is 1. The number of guanidine groups is 1. The molecule has 1 aliphatic heterocycles. The van der Waals surface area contributed by atoms with Crippen LogP contribution in [-0.4, -0.2) is 69.2 Å². The Morgan fingerprint density at radius 2 is 1.93 bits per heavy atom. The Kier molecular flexibility index (Phi) is 10.5. The molecule has 1 aliphatic carbocycles. The van der Waals surface area contributed by atoms with Gasteiger partial charge in [-0.25, -0.2) is 0 Å². The van der Waals surface area contributed by atoms with Crippen molar-refractivity contribution < 1.29 is 9.53 Å². The first-order valence-electron chi connectivity index (χ1n) is 10.9. The van der Waals surface area contributed by atoms with Crippen LogP contribution in [0, 0.1) is 0 Å². The number of ether oxygens (including phenoxy) is 1. The van der Waals surface area contributed by atoms with Crippen LogP contribution >= 0.6 is 24.0 Å². The van der Waals surface area contributed by atoms with Crippen molar-refractivity contribution in [1.29, 1.82) is 0 Å². The normalized spacial score (nSPS) is 17.5. The number of nitrogens with one attached hydrogen (secondary N) is 2. The minimum absolute atomic E-state index is 0. The fraction of sp³-hybridized carbons (Fsp3) is 0.636. The second kappa shape index (κ2) is 12.9. The molecule has 1 aromatic carbocycles. The van der Waals surface area contributed by atoms with Gasteiger partial charge in [-0.1, -0.05) is 18.9 Å². The van der Waals surface area contributed by atoms with Crippen LogP contribution in [0.15, 0.2) is 29.3 Å². The Hall–Kier alpha value is -1.71. The summed E-state index contributed by atoms with van der Waals surface area (Å²) < 4.78 is 5.34. The lowest BCUT2D eigenvalue weighted by Crippen LogP contribution is -2.52. The topological polar surface area (TPSA) is 69.2 Å². The van der Waals surface area contributed by atoms with Gasteiger partial charge in [-0.2, -0.15) is 0 Å². The lowest BCUT2D eigenvalue weighted by molar-refractivity contribution is -0.121. The predicted molar refractivity (Wildman–Crippen MR) is 133 cm³/mol. The van der Waals surface area contributed by atoms with Gasteiger partial charge in [0.1, 0.15) is 5.75 Å². The summed E-state index contributed by atoms with van der Waals surface area (Å²) in [5.74, 6) is 1.92. The zero-order valence-corrected chi connectivity index (χ0v) is 20.6. The van der Waals surface area contributed by atoms with Gasteiger partial charge in [-0.05, 0) is 31.9 Å². The third-order valence-corrected chi connectivity index (χ3v) is 5.65. The lowest BCUT2D eigenvalue weighted by atomic mass is 10.2. The Balaban J connectivity index is 0.00000320. The van der Waals surface area contributed by atoms with Gasteiger partial charge in [-0.15, -0.1) is 24.0 Å². The van der Waals surface area contributed by atoms with Crippen LogP contribution in [0.1, 0.15) is 39.0 Å². The van der Waals surface area contributed by atoms with Crippen LogP contribution in [0.5, 0.6) is 5.75 Å². The van der Waals surface area contributed by atoms with Gasteiger partial charge >= 0.3 is 0 Å². The summed E-state index contributed by atoms with van der Waals surface area (Å²) in [6.07, 6.45) is 5.16. The molecule has 3 rings (SSSR count). The fourth-order valence-electron chi connectivity index (χ4n) is 4.04. The Labute approximate surface area is 197 Å². The van der Waals surface area contributed by atoms with E-state index in [0.717, 1.165) is 57.3 Å². The molecule has 0 spiro atoms. The van der Waals surface area contributed by atoms with Crippen molar-refractivity contribution in [1.82, 2.24) is 15.5 Å². The van der Waals surface area contributed by atoms with Crippen LogP contribution in [0.3, 0.4) is 0 Å². The number of hydrogen-bond donors (Lipinski definition) is 2. The van der Waals surface area contributed by atoms with Crippen molar-refractivity contribution in [2.45, 2.75) is 45.1 Å². The Bertz CT molecular complexity index is 686. The molecule has 1 aromatic rings. The van der Waals surface area contributed by atoms with Crippen molar-refractivity contribution in [2.75, 3.05) is 51.3 Å². The standard InChI is InChI=1S/C22H35N5O2.HI/c1-3-23-22(24-12-11-21(28)25-18-7-4-5-8-18)27-15-13-26(14-16-27)19-9-6-10-20(17-19)29-2;/h6,9-10,17-18H,3-5,7-8,11-16H2,1-2H3,(H,23,24)(H,25,28);1H. The number of methoxy groups -OCH3 is 1. The molecule has 0 atom stereocenters. The third-order valence-electron chi connectivity index (χ3n) is 5.65. The van der Waals surface area contributed by atoms with E-state index in [4.69, 9.17) is 9.73 Å². The summed E-state index contributed by atoms with van der Waals surface area (Å²) in [5.41, 5.74) is 1.19. The molecule has 0 radical (unpaired) electrons. The van der Waals surface area contributed by atoms with Crippen molar-refractivity contribution >= 4 is 41.5 Å². The van der Waals surface area contributed by atoms with Crippen LogP contribution in [0.2, 0.25) is 0 Å². The van der Waals surface area contributed by atoms with Gasteiger partial charge in [0.05, 0.1) is 13.7 Å². The van der Waals surface area contributed by atoms with E-state index in [1.54, 1.807) is 7.11 Å². The number of piperazine rings is 1. The van der Waals surface area contributed by atoms with Gasteiger partial charge in [0.2, 0.25) is 5.91 Å². The minimum atomic E-state index is 0.